The van der Waals surface area contributed by atoms with Gasteiger partial charge >= 0.3 is 5.97 Å². The summed E-state index contributed by atoms with van der Waals surface area (Å²) in [6.07, 6.45) is 3.60. The lowest BCUT2D eigenvalue weighted by Crippen LogP contribution is -2.44. The number of para-hydroxylation sites is 2. The zero-order valence-corrected chi connectivity index (χ0v) is 13.8. The molecule has 1 aromatic rings. The molecule has 0 spiro atoms. The van der Waals surface area contributed by atoms with Gasteiger partial charge in [0.25, 0.3) is 5.91 Å². The Hall–Kier alpha value is -2.24. The first-order chi connectivity index (χ1) is 11.6. The number of nitrogens with one attached hydrogen (secondary N) is 1. The smallest absolute Gasteiger partial charge is 0.351 e. The zero-order valence-electron chi connectivity index (χ0n) is 13.8. The van der Waals surface area contributed by atoms with Crippen LogP contribution >= 0.6 is 0 Å². The van der Waals surface area contributed by atoms with E-state index >= 15 is 0 Å². The monoisotopic (exact) mass is 333 g/mol. The Kier molecular flexibility index (Phi) is 5.23. The normalized spacial score (nSPS) is 25.6. The van der Waals surface area contributed by atoms with Crippen molar-refractivity contribution in [2.24, 2.45) is 5.92 Å². The Labute approximate surface area is 141 Å². The van der Waals surface area contributed by atoms with Crippen molar-refractivity contribution in [2.45, 2.75) is 44.8 Å². The van der Waals surface area contributed by atoms with Gasteiger partial charge in [0, 0.05) is 6.04 Å². The molecule has 1 amide bonds. The second kappa shape index (κ2) is 7.55. The average molecular weight is 333 g/mol. The second-order valence-electron chi connectivity index (χ2n) is 6.41. The number of rotatable bonds is 4. The molecule has 6 nitrogen and oxygen atoms in total. The minimum Gasteiger partial charge on any atom is -0.485 e. The Morgan fingerprint density at radius 2 is 1.96 bits per heavy atom. The average Bonchev–Trinajstić information content (AvgIpc) is 2.61. The molecule has 0 aromatic heterocycles. The Balaban J connectivity index is 1.45. The molecular weight excluding hydrogens is 310 g/mol. The summed E-state index contributed by atoms with van der Waals surface area (Å²) in [5, 5.41) is 2.95. The minimum atomic E-state index is -0.846. The van der Waals surface area contributed by atoms with E-state index in [2.05, 4.69) is 12.2 Å². The molecule has 3 atom stereocenters. The van der Waals surface area contributed by atoms with E-state index in [9.17, 15) is 9.59 Å². The SMILES string of the molecule is C[C@@H]1CCCC[C@@H]1NC(=O)COC(=O)[C@H]1COc2ccccc2O1. The number of carbonyl (C=O) groups is 2. The summed E-state index contributed by atoms with van der Waals surface area (Å²) in [7, 11) is 0. The number of amides is 1. The second-order valence-corrected chi connectivity index (χ2v) is 6.41. The molecule has 1 N–H and O–H groups in total. The molecule has 6 heteroatoms. The highest BCUT2D eigenvalue weighted by Crippen LogP contribution is 2.31. The van der Waals surface area contributed by atoms with Crippen LogP contribution in [0.15, 0.2) is 24.3 Å². The molecule has 24 heavy (non-hydrogen) atoms. The molecule has 130 valence electrons. The molecule has 1 heterocycles. The van der Waals surface area contributed by atoms with Gasteiger partial charge in [-0.15, -0.1) is 0 Å². The topological polar surface area (TPSA) is 73.9 Å². The number of carbonyl (C=O) groups excluding carboxylic acids is 2. The van der Waals surface area contributed by atoms with Crippen molar-refractivity contribution in [2.75, 3.05) is 13.2 Å². The van der Waals surface area contributed by atoms with Crippen LogP contribution < -0.4 is 14.8 Å². The maximum absolute atomic E-state index is 12.1. The zero-order chi connectivity index (χ0) is 16.9. The van der Waals surface area contributed by atoms with E-state index < -0.39 is 12.1 Å². The van der Waals surface area contributed by atoms with Crippen LogP contribution in [0.1, 0.15) is 32.6 Å². The lowest BCUT2D eigenvalue weighted by Gasteiger charge is -2.29. The van der Waals surface area contributed by atoms with E-state index in [1.54, 1.807) is 18.2 Å². The fourth-order valence-corrected chi connectivity index (χ4v) is 3.14. The van der Waals surface area contributed by atoms with Gasteiger partial charge in [0.2, 0.25) is 6.10 Å². The molecule has 0 saturated heterocycles. The first-order valence-electron chi connectivity index (χ1n) is 8.48. The predicted octanol–water partition coefficient (Wildman–Crippen LogP) is 2.06. The van der Waals surface area contributed by atoms with Crippen LogP contribution in [0.3, 0.4) is 0 Å². The lowest BCUT2D eigenvalue weighted by atomic mass is 9.86. The van der Waals surface area contributed by atoms with Crippen molar-refractivity contribution in [1.82, 2.24) is 5.32 Å². The molecule has 1 aromatic carbocycles. The van der Waals surface area contributed by atoms with Crippen molar-refractivity contribution >= 4 is 11.9 Å². The van der Waals surface area contributed by atoms with Crippen LogP contribution in [0.25, 0.3) is 0 Å². The van der Waals surface area contributed by atoms with Gasteiger partial charge < -0.3 is 19.5 Å². The van der Waals surface area contributed by atoms with Crippen molar-refractivity contribution < 1.29 is 23.8 Å². The minimum absolute atomic E-state index is 0.0805. The van der Waals surface area contributed by atoms with Gasteiger partial charge in [0.15, 0.2) is 18.1 Å². The quantitative estimate of drug-likeness (QED) is 0.854. The highest BCUT2D eigenvalue weighted by atomic mass is 16.6. The molecule has 1 saturated carbocycles. The van der Waals surface area contributed by atoms with Gasteiger partial charge in [-0.3, -0.25) is 4.79 Å². The maximum Gasteiger partial charge on any atom is 0.351 e. The summed E-state index contributed by atoms with van der Waals surface area (Å²) in [4.78, 5) is 24.0. The van der Waals surface area contributed by atoms with Crippen molar-refractivity contribution in [3.63, 3.8) is 0 Å². The standard InChI is InChI=1S/C18H23NO5/c1-12-6-2-3-7-13(12)19-17(20)11-23-18(21)16-10-22-14-8-4-5-9-15(14)24-16/h4-5,8-9,12-13,16H,2-3,6-7,10-11H2,1H3,(H,19,20)/t12-,13+,16-/m1/s1. The van der Waals surface area contributed by atoms with E-state index in [-0.39, 0.29) is 25.2 Å². The van der Waals surface area contributed by atoms with Gasteiger partial charge in [-0.2, -0.15) is 0 Å². The van der Waals surface area contributed by atoms with E-state index in [1.807, 2.05) is 6.07 Å². The van der Waals surface area contributed by atoms with E-state index in [1.165, 1.54) is 6.42 Å². The maximum atomic E-state index is 12.1. The summed E-state index contributed by atoms with van der Waals surface area (Å²) in [6, 6.07) is 7.30. The Morgan fingerprint density at radius 1 is 1.21 bits per heavy atom. The molecule has 1 fully saturated rings. The summed E-state index contributed by atoms with van der Waals surface area (Å²) < 4.78 is 16.1. The van der Waals surface area contributed by atoms with Crippen molar-refractivity contribution in [3.8, 4) is 11.5 Å². The Morgan fingerprint density at radius 3 is 2.75 bits per heavy atom. The largest absolute Gasteiger partial charge is 0.485 e. The van der Waals surface area contributed by atoms with Crippen LogP contribution in [0, 0.1) is 5.92 Å². The molecule has 1 aliphatic carbocycles. The predicted molar refractivity (Wildman–Crippen MR) is 86.9 cm³/mol. The highest BCUT2D eigenvalue weighted by Gasteiger charge is 2.29. The van der Waals surface area contributed by atoms with Crippen molar-refractivity contribution in [3.05, 3.63) is 24.3 Å². The van der Waals surface area contributed by atoms with Crippen LogP contribution in [0.5, 0.6) is 11.5 Å². The molecule has 0 radical (unpaired) electrons. The first-order valence-corrected chi connectivity index (χ1v) is 8.48. The third-order valence-electron chi connectivity index (χ3n) is 4.57. The number of ether oxygens (including phenoxy) is 3. The number of hydrogen-bond donors (Lipinski definition) is 1. The van der Waals surface area contributed by atoms with Crippen LogP contribution in [0.4, 0.5) is 0 Å². The molecule has 2 aliphatic rings. The highest BCUT2D eigenvalue weighted by molar-refractivity contribution is 5.82. The first kappa shape index (κ1) is 16.6. The van der Waals surface area contributed by atoms with Crippen LogP contribution in [-0.4, -0.2) is 37.2 Å². The summed E-state index contributed by atoms with van der Waals surface area (Å²) >= 11 is 0. The lowest BCUT2D eigenvalue weighted by molar-refractivity contribution is -0.158. The molecule has 3 rings (SSSR count). The van der Waals surface area contributed by atoms with E-state index in [0.717, 1.165) is 19.3 Å². The summed E-state index contributed by atoms with van der Waals surface area (Å²) in [5.41, 5.74) is 0. The van der Waals surface area contributed by atoms with Crippen LogP contribution in [0.2, 0.25) is 0 Å². The Bertz CT molecular complexity index is 603. The fourth-order valence-electron chi connectivity index (χ4n) is 3.14. The molecule has 0 unspecified atom stereocenters. The number of esters is 1. The fraction of sp³-hybridized carbons (Fsp3) is 0.556. The van der Waals surface area contributed by atoms with Gasteiger partial charge in [-0.25, -0.2) is 4.79 Å². The van der Waals surface area contributed by atoms with Gasteiger partial charge in [-0.05, 0) is 30.9 Å². The molecule has 0 bridgehead atoms. The molecular formula is C18H23NO5. The summed E-state index contributed by atoms with van der Waals surface area (Å²) in [5.74, 6) is 0.720. The third kappa shape index (κ3) is 3.99. The van der Waals surface area contributed by atoms with Crippen molar-refractivity contribution in [1.29, 1.82) is 0 Å². The van der Waals surface area contributed by atoms with E-state index in [4.69, 9.17) is 14.2 Å². The number of fused-ring (bicyclic) bond motifs is 1. The summed E-state index contributed by atoms with van der Waals surface area (Å²) in [6.45, 7) is 1.93. The van der Waals surface area contributed by atoms with Gasteiger partial charge in [0.05, 0.1) is 0 Å². The number of hydrogen-bond acceptors (Lipinski definition) is 5. The van der Waals surface area contributed by atoms with Crippen LogP contribution in [-0.2, 0) is 14.3 Å². The third-order valence-corrected chi connectivity index (χ3v) is 4.57. The van der Waals surface area contributed by atoms with E-state index in [0.29, 0.717) is 17.4 Å². The van der Waals surface area contributed by atoms with Gasteiger partial charge in [0.1, 0.15) is 6.61 Å². The number of benzene rings is 1. The molecule has 1 aliphatic heterocycles. The van der Waals surface area contributed by atoms with Gasteiger partial charge in [-0.1, -0.05) is 31.9 Å².